The summed E-state index contributed by atoms with van der Waals surface area (Å²) in [5.41, 5.74) is 0. The first-order valence-corrected chi connectivity index (χ1v) is 25.0. The Morgan fingerprint density at radius 1 is 0.508 bits per heavy atom. The highest BCUT2D eigenvalue weighted by molar-refractivity contribution is 5.77. The fraction of sp³-hybridized carbons (Fsp3) is 0.774. The highest BCUT2D eigenvalue weighted by atomic mass is 16.5. The lowest BCUT2D eigenvalue weighted by Gasteiger charge is -2.24. The van der Waals surface area contributed by atoms with Crippen LogP contribution >= 0.6 is 0 Å². The molecule has 0 saturated heterocycles. The van der Waals surface area contributed by atoms with Crippen molar-refractivity contribution in [3.05, 3.63) is 60.8 Å². The molecule has 342 valence electrons. The van der Waals surface area contributed by atoms with E-state index in [9.17, 15) is 19.8 Å². The Labute approximate surface area is 365 Å². The van der Waals surface area contributed by atoms with Crippen molar-refractivity contribution in [3.8, 4) is 0 Å². The fourth-order valence-corrected chi connectivity index (χ4v) is 7.30. The summed E-state index contributed by atoms with van der Waals surface area (Å²) in [6.45, 7) is 6.33. The van der Waals surface area contributed by atoms with Crippen LogP contribution < -0.4 is 5.32 Å². The van der Waals surface area contributed by atoms with Crippen LogP contribution in [0.25, 0.3) is 0 Å². The van der Waals surface area contributed by atoms with Gasteiger partial charge in [-0.1, -0.05) is 197 Å². The molecule has 3 atom stereocenters. The van der Waals surface area contributed by atoms with Crippen LogP contribution in [-0.2, 0) is 14.3 Å². The average molecular weight is 826 g/mol. The molecule has 0 spiro atoms. The quantitative estimate of drug-likeness (QED) is 0.0323. The van der Waals surface area contributed by atoms with Gasteiger partial charge in [0.2, 0.25) is 5.91 Å². The minimum Gasteiger partial charge on any atom is -0.462 e. The summed E-state index contributed by atoms with van der Waals surface area (Å²) in [6.07, 6.45) is 57.0. The number of esters is 1. The van der Waals surface area contributed by atoms with Gasteiger partial charge in [-0.2, -0.15) is 0 Å². The standard InChI is InChI=1S/C53H95NO5/c1-4-7-10-13-16-19-22-24-25-26-27-28-31-34-37-40-43-46-53(58)59-49(44-41-38-35-32-30-23-20-17-14-11-8-5-2)47-52(57)54-50(48-55)51(56)45-42-39-36-33-29-21-18-15-12-9-6-3/h8,11,16-17,19-20,24-25,27-28,49-51,55-56H,4-7,9-10,12-15,18,21-23,26,29-48H2,1-3H3,(H,54,57)/b11-8+,19-16-,20-17+,25-24-,28-27-. The predicted octanol–water partition coefficient (Wildman–Crippen LogP) is 14.8. The molecular weight excluding hydrogens is 731 g/mol. The van der Waals surface area contributed by atoms with Gasteiger partial charge in [-0.05, 0) is 89.9 Å². The molecule has 0 radical (unpaired) electrons. The zero-order chi connectivity index (χ0) is 43.1. The molecule has 0 aromatic carbocycles. The van der Waals surface area contributed by atoms with Crippen molar-refractivity contribution in [1.82, 2.24) is 5.32 Å². The van der Waals surface area contributed by atoms with Crippen LogP contribution in [0.1, 0.15) is 239 Å². The Bertz CT molecular complexity index is 1060. The van der Waals surface area contributed by atoms with E-state index in [4.69, 9.17) is 4.74 Å². The minimum atomic E-state index is -0.795. The summed E-state index contributed by atoms with van der Waals surface area (Å²) >= 11 is 0. The van der Waals surface area contributed by atoms with Gasteiger partial charge in [0.15, 0.2) is 0 Å². The van der Waals surface area contributed by atoms with E-state index in [2.05, 4.69) is 86.8 Å². The van der Waals surface area contributed by atoms with Crippen LogP contribution in [0.3, 0.4) is 0 Å². The molecule has 3 unspecified atom stereocenters. The lowest BCUT2D eigenvalue weighted by molar-refractivity contribution is -0.151. The van der Waals surface area contributed by atoms with Gasteiger partial charge in [0.05, 0.1) is 25.2 Å². The van der Waals surface area contributed by atoms with Gasteiger partial charge in [0.25, 0.3) is 0 Å². The zero-order valence-corrected chi connectivity index (χ0v) is 38.9. The molecule has 6 nitrogen and oxygen atoms in total. The van der Waals surface area contributed by atoms with Gasteiger partial charge in [-0.25, -0.2) is 0 Å². The topological polar surface area (TPSA) is 95.9 Å². The number of amides is 1. The first-order valence-electron chi connectivity index (χ1n) is 25.0. The Morgan fingerprint density at radius 2 is 0.915 bits per heavy atom. The van der Waals surface area contributed by atoms with Gasteiger partial charge >= 0.3 is 5.97 Å². The Hall–Kier alpha value is -2.44. The smallest absolute Gasteiger partial charge is 0.306 e. The van der Waals surface area contributed by atoms with E-state index in [1.807, 2.05) is 0 Å². The first-order chi connectivity index (χ1) is 29.0. The maximum Gasteiger partial charge on any atom is 0.306 e. The molecule has 0 aromatic rings. The highest BCUT2D eigenvalue weighted by Gasteiger charge is 2.24. The summed E-state index contributed by atoms with van der Waals surface area (Å²) in [6, 6.07) is -0.711. The number of unbranched alkanes of at least 4 members (excludes halogenated alkanes) is 22. The van der Waals surface area contributed by atoms with Gasteiger partial charge in [-0.3, -0.25) is 9.59 Å². The molecule has 0 fully saturated rings. The van der Waals surface area contributed by atoms with Gasteiger partial charge in [0, 0.05) is 6.42 Å². The Balaban J connectivity index is 4.62. The third-order valence-electron chi connectivity index (χ3n) is 11.1. The van der Waals surface area contributed by atoms with E-state index in [-0.39, 0.29) is 24.9 Å². The SMILES string of the molecule is CC/C=C/C/C=C/CCCCCCCC(CC(=O)NC(CO)C(O)CCCCCCCCCCCCC)OC(=O)CCCCCC/C=C\C/C=C\C/C=C\CCCCC. The van der Waals surface area contributed by atoms with Crippen LogP contribution in [0.5, 0.6) is 0 Å². The lowest BCUT2D eigenvalue weighted by atomic mass is 10.0. The third kappa shape index (κ3) is 42.1. The van der Waals surface area contributed by atoms with E-state index in [1.165, 1.54) is 89.9 Å². The van der Waals surface area contributed by atoms with E-state index in [1.54, 1.807) is 0 Å². The zero-order valence-electron chi connectivity index (χ0n) is 38.9. The number of rotatable bonds is 44. The van der Waals surface area contributed by atoms with Crippen LogP contribution in [0.2, 0.25) is 0 Å². The summed E-state index contributed by atoms with van der Waals surface area (Å²) in [4.78, 5) is 26.1. The number of ether oxygens (including phenoxy) is 1. The van der Waals surface area contributed by atoms with E-state index in [0.29, 0.717) is 19.3 Å². The van der Waals surface area contributed by atoms with Crippen molar-refractivity contribution < 1.29 is 24.5 Å². The Kier molecular flexibility index (Phi) is 44.7. The Morgan fingerprint density at radius 3 is 1.42 bits per heavy atom. The molecule has 0 aliphatic carbocycles. The fourth-order valence-electron chi connectivity index (χ4n) is 7.30. The largest absolute Gasteiger partial charge is 0.462 e. The van der Waals surface area contributed by atoms with Gasteiger partial charge < -0.3 is 20.3 Å². The number of nitrogens with one attached hydrogen (secondary N) is 1. The second-order valence-corrected chi connectivity index (χ2v) is 16.8. The summed E-state index contributed by atoms with van der Waals surface area (Å²) < 4.78 is 5.91. The molecule has 0 bridgehead atoms. The monoisotopic (exact) mass is 826 g/mol. The number of hydrogen-bond donors (Lipinski definition) is 3. The average Bonchev–Trinajstić information content (AvgIpc) is 3.23. The number of carbonyl (C=O) groups excluding carboxylic acids is 2. The van der Waals surface area contributed by atoms with Crippen LogP contribution in [-0.4, -0.2) is 46.9 Å². The van der Waals surface area contributed by atoms with Crippen molar-refractivity contribution in [2.24, 2.45) is 0 Å². The molecule has 0 heterocycles. The maximum absolute atomic E-state index is 13.2. The van der Waals surface area contributed by atoms with Crippen LogP contribution in [0.4, 0.5) is 0 Å². The molecule has 0 aromatic heterocycles. The molecule has 0 rings (SSSR count). The van der Waals surface area contributed by atoms with E-state index >= 15 is 0 Å². The second-order valence-electron chi connectivity index (χ2n) is 16.8. The summed E-state index contributed by atoms with van der Waals surface area (Å²) in [7, 11) is 0. The first kappa shape index (κ1) is 56.6. The van der Waals surface area contributed by atoms with Crippen molar-refractivity contribution in [2.45, 2.75) is 257 Å². The highest BCUT2D eigenvalue weighted by Crippen LogP contribution is 2.17. The van der Waals surface area contributed by atoms with E-state index in [0.717, 1.165) is 103 Å². The molecule has 0 aliphatic heterocycles. The van der Waals surface area contributed by atoms with Crippen molar-refractivity contribution in [2.75, 3.05) is 6.61 Å². The maximum atomic E-state index is 13.2. The third-order valence-corrected chi connectivity index (χ3v) is 11.1. The van der Waals surface area contributed by atoms with Gasteiger partial charge in [-0.15, -0.1) is 0 Å². The van der Waals surface area contributed by atoms with Crippen LogP contribution in [0.15, 0.2) is 60.8 Å². The molecule has 6 heteroatoms. The lowest BCUT2D eigenvalue weighted by Crippen LogP contribution is -2.46. The number of aliphatic hydroxyl groups is 2. The molecule has 3 N–H and O–H groups in total. The molecular formula is C53H95NO5. The summed E-state index contributed by atoms with van der Waals surface area (Å²) in [5.74, 6) is -0.514. The van der Waals surface area contributed by atoms with E-state index < -0.39 is 18.2 Å². The molecule has 1 amide bonds. The minimum absolute atomic E-state index is 0.0575. The normalized spacial score (nSPS) is 13.8. The number of allylic oxidation sites excluding steroid dienone is 10. The number of carbonyl (C=O) groups is 2. The van der Waals surface area contributed by atoms with Crippen molar-refractivity contribution in [1.29, 1.82) is 0 Å². The second kappa shape index (κ2) is 46.6. The molecule has 0 aliphatic rings. The summed E-state index contributed by atoms with van der Waals surface area (Å²) in [5, 5.41) is 23.7. The predicted molar refractivity (Wildman–Crippen MR) is 255 cm³/mol. The molecule has 59 heavy (non-hydrogen) atoms. The van der Waals surface area contributed by atoms with Gasteiger partial charge in [0.1, 0.15) is 6.10 Å². The van der Waals surface area contributed by atoms with Crippen LogP contribution in [0, 0.1) is 0 Å². The van der Waals surface area contributed by atoms with Crippen molar-refractivity contribution >= 4 is 11.9 Å². The number of hydrogen-bond acceptors (Lipinski definition) is 5. The van der Waals surface area contributed by atoms with Crippen molar-refractivity contribution in [3.63, 3.8) is 0 Å². The molecule has 0 saturated carbocycles. The number of aliphatic hydroxyl groups excluding tert-OH is 2.